The number of ether oxygens (including phenoxy) is 1. The molecule has 0 rings (SSSR count). The highest BCUT2D eigenvalue weighted by molar-refractivity contribution is 4.69. The van der Waals surface area contributed by atoms with Gasteiger partial charge in [-0.1, -0.05) is 13.0 Å². The summed E-state index contributed by atoms with van der Waals surface area (Å²) in [6.07, 6.45) is 6.20. The van der Waals surface area contributed by atoms with E-state index in [1.165, 1.54) is 0 Å². The topological polar surface area (TPSA) is 47.3 Å². The molecule has 3 nitrogen and oxygen atoms in total. The monoisotopic (exact) mass is 186 g/mol. The number of nitrogens with two attached hydrogens (primary N) is 1. The number of nitrogens with one attached hydrogen (secondary N) is 1. The molecule has 0 radical (unpaired) electrons. The summed E-state index contributed by atoms with van der Waals surface area (Å²) in [7, 11) is 0. The van der Waals surface area contributed by atoms with Crippen molar-refractivity contribution in [1.29, 1.82) is 0 Å². The van der Waals surface area contributed by atoms with Crippen molar-refractivity contribution in [2.24, 2.45) is 5.84 Å². The van der Waals surface area contributed by atoms with Gasteiger partial charge >= 0.3 is 0 Å². The average Bonchev–Trinajstić information content (AvgIpc) is 2.16. The van der Waals surface area contributed by atoms with E-state index in [1.807, 2.05) is 6.08 Å². The van der Waals surface area contributed by atoms with Crippen LogP contribution in [0.2, 0.25) is 0 Å². The van der Waals surface area contributed by atoms with Crippen molar-refractivity contribution < 1.29 is 4.74 Å². The van der Waals surface area contributed by atoms with E-state index in [-0.39, 0.29) is 6.04 Å². The Bertz CT molecular complexity index is 117. The molecule has 0 spiro atoms. The minimum atomic E-state index is 0.284. The Hall–Kier alpha value is -0.380. The molecular weight excluding hydrogens is 164 g/mol. The highest BCUT2D eigenvalue weighted by Gasteiger charge is 2.04. The second kappa shape index (κ2) is 9.71. The molecule has 1 unspecified atom stereocenters. The molecule has 0 saturated carbocycles. The van der Waals surface area contributed by atoms with Crippen LogP contribution in [0.4, 0.5) is 0 Å². The van der Waals surface area contributed by atoms with Crippen LogP contribution in [-0.4, -0.2) is 19.3 Å². The number of rotatable bonds is 9. The third-order valence-electron chi connectivity index (χ3n) is 1.86. The fraction of sp³-hybridized carbons (Fsp3) is 0.800. The van der Waals surface area contributed by atoms with Crippen molar-refractivity contribution in [3.05, 3.63) is 12.7 Å². The van der Waals surface area contributed by atoms with Crippen LogP contribution in [0.1, 0.15) is 32.6 Å². The zero-order valence-corrected chi connectivity index (χ0v) is 8.59. The predicted molar refractivity (Wildman–Crippen MR) is 56.3 cm³/mol. The van der Waals surface area contributed by atoms with Crippen molar-refractivity contribution >= 4 is 0 Å². The first-order valence-electron chi connectivity index (χ1n) is 4.99. The smallest absolute Gasteiger partial charge is 0.0633 e. The summed E-state index contributed by atoms with van der Waals surface area (Å²) < 4.78 is 5.40. The summed E-state index contributed by atoms with van der Waals surface area (Å²) in [5.41, 5.74) is 2.76. The Morgan fingerprint density at radius 2 is 2.38 bits per heavy atom. The van der Waals surface area contributed by atoms with E-state index in [9.17, 15) is 0 Å². The number of unbranched alkanes of at least 4 members (excludes halogenated alkanes) is 1. The molecule has 0 bridgehead atoms. The van der Waals surface area contributed by atoms with Crippen molar-refractivity contribution in [2.45, 2.75) is 38.6 Å². The van der Waals surface area contributed by atoms with E-state index in [2.05, 4.69) is 18.9 Å². The lowest BCUT2D eigenvalue weighted by molar-refractivity contribution is 0.109. The van der Waals surface area contributed by atoms with E-state index < -0.39 is 0 Å². The fourth-order valence-electron chi connectivity index (χ4n) is 1.09. The van der Waals surface area contributed by atoms with E-state index in [0.29, 0.717) is 6.61 Å². The van der Waals surface area contributed by atoms with Crippen LogP contribution < -0.4 is 11.3 Å². The third-order valence-corrected chi connectivity index (χ3v) is 1.86. The van der Waals surface area contributed by atoms with Crippen molar-refractivity contribution in [2.75, 3.05) is 13.2 Å². The Kier molecular flexibility index (Phi) is 9.42. The van der Waals surface area contributed by atoms with Gasteiger partial charge in [0.2, 0.25) is 0 Å². The second-order valence-electron chi connectivity index (χ2n) is 3.16. The normalized spacial score (nSPS) is 12.8. The fourth-order valence-corrected chi connectivity index (χ4v) is 1.09. The molecule has 78 valence electrons. The van der Waals surface area contributed by atoms with Crippen LogP contribution in [-0.2, 0) is 4.74 Å². The predicted octanol–water partition coefficient (Wildman–Crippen LogP) is 1.60. The lowest BCUT2D eigenvalue weighted by atomic mass is 10.1. The van der Waals surface area contributed by atoms with Gasteiger partial charge in [-0.25, -0.2) is 0 Å². The number of hydrogen-bond acceptors (Lipinski definition) is 3. The standard InChI is InChI=1S/C10H22N2O/c1-3-5-6-7-10(12-11)9-13-8-4-2/h3,10,12H,1,4-9,11H2,2H3. The first kappa shape index (κ1) is 12.6. The van der Waals surface area contributed by atoms with Crippen molar-refractivity contribution in [3.63, 3.8) is 0 Å². The third kappa shape index (κ3) is 7.96. The van der Waals surface area contributed by atoms with Crippen LogP contribution in [0.3, 0.4) is 0 Å². The minimum absolute atomic E-state index is 0.284. The van der Waals surface area contributed by atoms with E-state index in [0.717, 1.165) is 32.3 Å². The molecule has 0 aromatic rings. The van der Waals surface area contributed by atoms with E-state index in [1.54, 1.807) is 0 Å². The second-order valence-corrected chi connectivity index (χ2v) is 3.16. The Balaban J connectivity index is 3.33. The van der Waals surface area contributed by atoms with Gasteiger partial charge in [0.25, 0.3) is 0 Å². The van der Waals surface area contributed by atoms with E-state index >= 15 is 0 Å². The van der Waals surface area contributed by atoms with Crippen molar-refractivity contribution in [3.8, 4) is 0 Å². The van der Waals surface area contributed by atoms with Gasteiger partial charge in [-0.15, -0.1) is 6.58 Å². The molecule has 0 aliphatic heterocycles. The summed E-state index contributed by atoms with van der Waals surface area (Å²) in [4.78, 5) is 0. The first-order valence-corrected chi connectivity index (χ1v) is 4.99. The van der Waals surface area contributed by atoms with Crippen LogP contribution in [0.25, 0.3) is 0 Å². The summed E-state index contributed by atoms with van der Waals surface area (Å²) in [5, 5.41) is 0. The maximum Gasteiger partial charge on any atom is 0.0633 e. The van der Waals surface area contributed by atoms with Crippen molar-refractivity contribution in [1.82, 2.24) is 5.43 Å². The Labute approximate surface area is 81.3 Å². The number of hydrogen-bond donors (Lipinski definition) is 2. The summed E-state index contributed by atoms with van der Waals surface area (Å²) in [6.45, 7) is 7.30. The summed E-state index contributed by atoms with van der Waals surface area (Å²) >= 11 is 0. The highest BCUT2D eigenvalue weighted by atomic mass is 16.5. The lowest BCUT2D eigenvalue weighted by Crippen LogP contribution is -2.38. The number of hydrazine groups is 1. The van der Waals surface area contributed by atoms with Crippen LogP contribution in [0.5, 0.6) is 0 Å². The molecule has 3 heteroatoms. The average molecular weight is 186 g/mol. The zero-order valence-electron chi connectivity index (χ0n) is 8.59. The largest absolute Gasteiger partial charge is 0.380 e. The van der Waals surface area contributed by atoms with Gasteiger partial charge in [-0.3, -0.25) is 11.3 Å². The number of allylic oxidation sites excluding steroid dienone is 1. The van der Waals surface area contributed by atoms with Gasteiger partial charge in [0.1, 0.15) is 0 Å². The zero-order chi connectivity index (χ0) is 9.94. The first-order chi connectivity index (χ1) is 6.35. The molecular formula is C10H22N2O. The maximum atomic E-state index is 5.40. The molecule has 3 N–H and O–H groups in total. The summed E-state index contributed by atoms with van der Waals surface area (Å²) in [5.74, 6) is 5.38. The van der Waals surface area contributed by atoms with Crippen LogP contribution in [0, 0.1) is 0 Å². The van der Waals surface area contributed by atoms with Gasteiger partial charge in [0, 0.05) is 12.6 Å². The molecule has 0 amide bonds. The van der Waals surface area contributed by atoms with Gasteiger partial charge < -0.3 is 4.74 Å². The molecule has 0 saturated heterocycles. The van der Waals surface area contributed by atoms with Crippen LogP contribution in [0.15, 0.2) is 12.7 Å². The molecule has 0 aromatic heterocycles. The SMILES string of the molecule is C=CCCCC(COCCC)NN. The van der Waals surface area contributed by atoms with Gasteiger partial charge in [0.15, 0.2) is 0 Å². The maximum absolute atomic E-state index is 5.40. The molecule has 0 aliphatic carbocycles. The van der Waals surface area contributed by atoms with Gasteiger partial charge in [-0.05, 0) is 25.7 Å². The van der Waals surface area contributed by atoms with Gasteiger partial charge in [0.05, 0.1) is 6.61 Å². The molecule has 0 aliphatic rings. The highest BCUT2D eigenvalue weighted by Crippen LogP contribution is 2.01. The lowest BCUT2D eigenvalue weighted by Gasteiger charge is -2.15. The van der Waals surface area contributed by atoms with Crippen LogP contribution >= 0.6 is 0 Å². The quantitative estimate of drug-likeness (QED) is 0.249. The molecule has 0 fully saturated rings. The molecule has 0 heterocycles. The summed E-state index contributed by atoms with van der Waals surface area (Å²) in [6, 6.07) is 0.284. The minimum Gasteiger partial charge on any atom is -0.380 e. The Morgan fingerprint density at radius 1 is 1.62 bits per heavy atom. The molecule has 1 atom stereocenters. The molecule has 13 heavy (non-hydrogen) atoms. The Morgan fingerprint density at radius 3 is 2.92 bits per heavy atom. The van der Waals surface area contributed by atoms with E-state index in [4.69, 9.17) is 10.6 Å². The van der Waals surface area contributed by atoms with Gasteiger partial charge in [-0.2, -0.15) is 0 Å². The molecule has 0 aromatic carbocycles.